The Morgan fingerprint density at radius 2 is 1.71 bits per heavy atom. The molecule has 3 aromatic rings. The Bertz CT molecular complexity index is 1320. The fraction of sp³-hybridized carbons (Fsp3) is 0.120. The van der Waals surface area contributed by atoms with Crippen LogP contribution in [0.5, 0.6) is 17.2 Å². The van der Waals surface area contributed by atoms with Gasteiger partial charge in [-0.2, -0.15) is 0 Å². The van der Waals surface area contributed by atoms with Crippen molar-refractivity contribution >= 4 is 50.7 Å². The molecule has 174 valence electrons. The predicted octanol–water partition coefficient (Wildman–Crippen LogP) is 5.54. The summed E-state index contributed by atoms with van der Waals surface area (Å²) in [6, 6.07) is 13.9. The minimum atomic E-state index is -1.13. The molecular formula is C25H19BrClNO6. The molecule has 0 bridgehead atoms. The minimum absolute atomic E-state index is 0.000455. The zero-order valence-electron chi connectivity index (χ0n) is 17.8. The second-order valence-corrected chi connectivity index (χ2v) is 8.82. The van der Waals surface area contributed by atoms with E-state index in [1.54, 1.807) is 31.2 Å². The first-order valence-electron chi connectivity index (χ1n) is 10.2. The van der Waals surface area contributed by atoms with E-state index in [9.17, 15) is 24.9 Å². The van der Waals surface area contributed by atoms with Crippen molar-refractivity contribution < 1.29 is 29.6 Å². The molecule has 9 heteroatoms. The molecule has 1 saturated heterocycles. The first-order chi connectivity index (χ1) is 16.2. The predicted molar refractivity (Wildman–Crippen MR) is 131 cm³/mol. The number of carbonyl (C=O) groups is 2. The molecule has 1 fully saturated rings. The van der Waals surface area contributed by atoms with E-state index in [0.717, 1.165) is 9.37 Å². The number of aliphatic hydroxyl groups excluding tert-OH is 1. The molecule has 4 rings (SSSR count). The summed E-state index contributed by atoms with van der Waals surface area (Å²) in [5.41, 5.74) is 0.518. The van der Waals surface area contributed by atoms with Crippen LogP contribution in [0, 0.1) is 0 Å². The van der Waals surface area contributed by atoms with Crippen LogP contribution >= 0.6 is 27.5 Å². The Hall–Kier alpha value is -3.49. The van der Waals surface area contributed by atoms with Crippen molar-refractivity contribution in [1.29, 1.82) is 0 Å². The molecule has 1 unspecified atom stereocenters. The van der Waals surface area contributed by atoms with E-state index in [1.165, 1.54) is 36.4 Å². The van der Waals surface area contributed by atoms with Crippen LogP contribution < -0.4 is 9.64 Å². The fourth-order valence-corrected chi connectivity index (χ4v) is 4.25. The number of hydrogen-bond acceptors (Lipinski definition) is 6. The standard InChI is InChI=1S/C25H19BrClNO6/c1-2-34-20-11-14(5-9-19(20)30)22-21(23(31)13-3-6-15(26)7-4-13)24(32)25(33)28(22)17-12-16(27)8-10-18(17)29/h3-12,22,29-31H,2H2,1H3/b23-21+. The van der Waals surface area contributed by atoms with Crippen LogP contribution in [-0.4, -0.2) is 33.6 Å². The van der Waals surface area contributed by atoms with Crippen LogP contribution in [0.1, 0.15) is 24.1 Å². The smallest absolute Gasteiger partial charge is 0.300 e. The highest BCUT2D eigenvalue weighted by atomic mass is 79.9. The molecule has 3 N–H and O–H groups in total. The number of halogens is 2. The number of hydrogen-bond donors (Lipinski definition) is 3. The summed E-state index contributed by atoms with van der Waals surface area (Å²) in [6.07, 6.45) is 0. The molecule has 0 aliphatic carbocycles. The van der Waals surface area contributed by atoms with Gasteiger partial charge in [0.2, 0.25) is 0 Å². The van der Waals surface area contributed by atoms with Crippen molar-refractivity contribution in [3.05, 3.63) is 86.9 Å². The molecule has 1 atom stereocenters. The number of carbonyl (C=O) groups excluding carboxylic acids is 2. The molecule has 0 spiro atoms. The summed E-state index contributed by atoms with van der Waals surface area (Å²) in [7, 11) is 0. The van der Waals surface area contributed by atoms with Gasteiger partial charge >= 0.3 is 0 Å². The molecule has 0 saturated carbocycles. The Morgan fingerprint density at radius 1 is 1.03 bits per heavy atom. The van der Waals surface area contributed by atoms with Gasteiger partial charge in [-0.25, -0.2) is 0 Å². The number of aromatic hydroxyl groups is 2. The molecule has 0 radical (unpaired) electrons. The van der Waals surface area contributed by atoms with Crippen molar-refractivity contribution in [2.45, 2.75) is 13.0 Å². The van der Waals surface area contributed by atoms with Crippen molar-refractivity contribution in [1.82, 2.24) is 0 Å². The topological polar surface area (TPSA) is 107 Å². The fourth-order valence-electron chi connectivity index (χ4n) is 3.82. The summed E-state index contributed by atoms with van der Waals surface area (Å²) in [5.74, 6) is -2.52. The molecular weight excluding hydrogens is 526 g/mol. The van der Waals surface area contributed by atoms with Gasteiger partial charge in [0.05, 0.1) is 23.9 Å². The van der Waals surface area contributed by atoms with Gasteiger partial charge < -0.3 is 20.1 Å². The highest BCUT2D eigenvalue weighted by Crippen LogP contribution is 2.46. The second kappa shape index (κ2) is 9.40. The molecule has 1 aliphatic rings. The van der Waals surface area contributed by atoms with E-state index in [0.29, 0.717) is 11.1 Å². The highest BCUT2D eigenvalue weighted by molar-refractivity contribution is 9.10. The third kappa shape index (κ3) is 4.22. The summed E-state index contributed by atoms with van der Waals surface area (Å²) in [5, 5.41) is 32.0. The minimum Gasteiger partial charge on any atom is -0.507 e. The number of ketones is 1. The second-order valence-electron chi connectivity index (χ2n) is 7.47. The normalized spacial score (nSPS) is 17.3. The maximum Gasteiger partial charge on any atom is 0.300 e. The third-order valence-corrected chi connectivity index (χ3v) is 6.12. The highest BCUT2D eigenvalue weighted by Gasteiger charge is 2.48. The van der Waals surface area contributed by atoms with Crippen molar-refractivity contribution in [2.75, 3.05) is 11.5 Å². The van der Waals surface area contributed by atoms with E-state index in [-0.39, 0.29) is 45.9 Å². The van der Waals surface area contributed by atoms with E-state index in [1.807, 2.05) is 0 Å². The van der Waals surface area contributed by atoms with Crippen LogP contribution in [0.25, 0.3) is 5.76 Å². The lowest BCUT2D eigenvalue weighted by atomic mass is 9.94. The zero-order valence-corrected chi connectivity index (χ0v) is 20.2. The van der Waals surface area contributed by atoms with Crippen LogP contribution in [-0.2, 0) is 9.59 Å². The number of phenols is 2. The third-order valence-electron chi connectivity index (χ3n) is 5.36. The van der Waals surface area contributed by atoms with E-state index in [2.05, 4.69) is 15.9 Å². The number of anilines is 1. The molecule has 1 aliphatic heterocycles. The van der Waals surface area contributed by atoms with Gasteiger partial charge in [-0.1, -0.05) is 45.7 Å². The van der Waals surface area contributed by atoms with Gasteiger partial charge in [0.1, 0.15) is 11.5 Å². The lowest BCUT2D eigenvalue weighted by molar-refractivity contribution is -0.132. The first-order valence-corrected chi connectivity index (χ1v) is 11.4. The lowest BCUT2D eigenvalue weighted by Gasteiger charge is -2.26. The average Bonchev–Trinajstić information content (AvgIpc) is 3.07. The SMILES string of the molecule is CCOc1cc(C2/C(=C(\O)c3ccc(Br)cc3)C(=O)C(=O)N2c2cc(Cl)ccc2O)ccc1O. The number of Topliss-reactive ketones (excluding diaryl/α,β-unsaturated/α-hetero) is 1. The maximum absolute atomic E-state index is 13.2. The lowest BCUT2D eigenvalue weighted by Crippen LogP contribution is -2.29. The zero-order chi connectivity index (χ0) is 24.6. The quantitative estimate of drug-likeness (QED) is 0.221. The number of benzene rings is 3. The van der Waals surface area contributed by atoms with Gasteiger partial charge in [-0.05, 0) is 55.0 Å². The summed E-state index contributed by atoms with van der Waals surface area (Å²) >= 11 is 9.44. The van der Waals surface area contributed by atoms with Crippen molar-refractivity contribution in [2.24, 2.45) is 0 Å². The molecule has 7 nitrogen and oxygen atoms in total. The van der Waals surface area contributed by atoms with Gasteiger partial charge in [0, 0.05) is 15.1 Å². The van der Waals surface area contributed by atoms with Crippen LogP contribution in [0.3, 0.4) is 0 Å². The van der Waals surface area contributed by atoms with Crippen molar-refractivity contribution in [3.63, 3.8) is 0 Å². The number of rotatable bonds is 5. The average molecular weight is 545 g/mol. The summed E-state index contributed by atoms with van der Waals surface area (Å²) in [6.45, 7) is 2.01. The molecule has 0 aromatic heterocycles. The monoisotopic (exact) mass is 543 g/mol. The maximum atomic E-state index is 13.2. The number of aliphatic hydroxyl groups is 1. The number of ether oxygens (including phenoxy) is 1. The van der Waals surface area contributed by atoms with Gasteiger partial charge in [0.15, 0.2) is 11.5 Å². The molecule has 1 amide bonds. The number of phenolic OH excluding ortho intramolecular Hbond substituents is 2. The number of nitrogens with zero attached hydrogens (tertiary/aromatic N) is 1. The summed E-state index contributed by atoms with van der Waals surface area (Å²) in [4.78, 5) is 27.5. The molecule has 34 heavy (non-hydrogen) atoms. The van der Waals surface area contributed by atoms with E-state index < -0.39 is 17.7 Å². The van der Waals surface area contributed by atoms with Gasteiger partial charge in [0.25, 0.3) is 11.7 Å². The van der Waals surface area contributed by atoms with E-state index in [4.69, 9.17) is 16.3 Å². The Balaban J connectivity index is 1.99. The molecule has 3 aromatic carbocycles. The largest absolute Gasteiger partial charge is 0.507 e. The Labute approximate surface area is 208 Å². The number of amides is 1. The van der Waals surface area contributed by atoms with Crippen molar-refractivity contribution in [3.8, 4) is 17.2 Å². The van der Waals surface area contributed by atoms with Gasteiger partial charge in [-0.3, -0.25) is 14.5 Å². The summed E-state index contributed by atoms with van der Waals surface area (Å²) < 4.78 is 6.24. The van der Waals surface area contributed by atoms with Crippen LogP contribution in [0.15, 0.2) is 70.7 Å². The Kier molecular flexibility index (Phi) is 6.54. The van der Waals surface area contributed by atoms with E-state index >= 15 is 0 Å². The Morgan fingerprint density at radius 3 is 2.38 bits per heavy atom. The van der Waals surface area contributed by atoms with Gasteiger partial charge in [-0.15, -0.1) is 0 Å². The van der Waals surface area contributed by atoms with Crippen LogP contribution in [0.2, 0.25) is 5.02 Å². The van der Waals surface area contributed by atoms with Crippen LogP contribution in [0.4, 0.5) is 5.69 Å². The first kappa shape index (κ1) is 23.7. The molecule has 1 heterocycles.